The highest BCUT2D eigenvalue weighted by molar-refractivity contribution is 8.69. The summed E-state index contributed by atoms with van der Waals surface area (Å²) >= 11 is 0. The maximum Gasteiger partial charge on any atom is 0.319 e. The molecule has 0 aliphatic rings. The lowest BCUT2D eigenvalue weighted by Gasteiger charge is -2.05. The molecule has 1 aromatic rings. The van der Waals surface area contributed by atoms with E-state index < -0.39 is 9.15 Å². The van der Waals surface area contributed by atoms with E-state index in [1.54, 1.807) is 12.3 Å². The zero-order valence-electron chi connectivity index (χ0n) is 9.78. The van der Waals surface area contributed by atoms with Gasteiger partial charge >= 0.3 is 9.15 Å². The van der Waals surface area contributed by atoms with Crippen LogP contribution >= 0.6 is 10.8 Å². The van der Waals surface area contributed by atoms with Gasteiger partial charge in [-0.15, -0.1) is 0 Å². The first-order valence-electron chi connectivity index (χ1n) is 5.44. The lowest BCUT2D eigenvalue weighted by atomic mass is 10.4. The molecule has 0 atom stereocenters. The van der Waals surface area contributed by atoms with Crippen LogP contribution in [0, 0.1) is 0 Å². The molecule has 0 saturated heterocycles. The van der Waals surface area contributed by atoms with Gasteiger partial charge in [0.2, 0.25) is 5.88 Å². The van der Waals surface area contributed by atoms with E-state index in [0.717, 1.165) is 13.0 Å². The zero-order valence-corrected chi connectivity index (χ0v) is 11.4. The standard InChI is InChI=1S/C10H16N2O4S2/c13-18(14,15)17-9-7-11-5-3-8-16-10-4-1-2-6-12-10/h1-2,4,6,11H,3,5,7-9H2,(H,13,14,15). The Morgan fingerprint density at radius 1 is 1.39 bits per heavy atom. The fourth-order valence-corrected chi connectivity index (χ4v) is 2.47. The predicted octanol–water partition coefficient (Wildman–Crippen LogP) is 0.976. The van der Waals surface area contributed by atoms with Crippen LogP contribution in [0.25, 0.3) is 0 Å². The molecule has 0 spiro atoms. The summed E-state index contributed by atoms with van der Waals surface area (Å²) in [5.41, 5.74) is 0. The molecular weight excluding hydrogens is 276 g/mol. The lowest BCUT2D eigenvalue weighted by molar-refractivity contribution is 0.297. The molecule has 0 bridgehead atoms. The number of hydrogen-bond acceptors (Lipinski definition) is 6. The highest BCUT2D eigenvalue weighted by Gasteiger charge is 2.03. The van der Waals surface area contributed by atoms with E-state index in [9.17, 15) is 8.42 Å². The minimum Gasteiger partial charge on any atom is -0.478 e. The number of aromatic nitrogens is 1. The highest BCUT2D eigenvalue weighted by atomic mass is 33.1. The topological polar surface area (TPSA) is 88.5 Å². The monoisotopic (exact) mass is 292 g/mol. The summed E-state index contributed by atoms with van der Waals surface area (Å²) in [6, 6.07) is 5.46. The van der Waals surface area contributed by atoms with E-state index in [1.165, 1.54) is 0 Å². The number of pyridine rings is 1. The van der Waals surface area contributed by atoms with Gasteiger partial charge in [-0.25, -0.2) is 4.98 Å². The molecule has 0 fully saturated rings. The van der Waals surface area contributed by atoms with E-state index >= 15 is 0 Å². The predicted molar refractivity (Wildman–Crippen MR) is 71.2 cm³/mol. The average molecular weight is 292 g/mol. The number of rotatable bonds is 9. The van der Waals surface area contributed by atoms with E-state index in [2.05, 4.69) is 10.3 Å². The third-order valence-electron chi connectivity index (χ3n) is 1.90. The molecule has 102 valence electrons. The van der Waals surface area contributed by atoms with Gasteiger partial charge < -0.3 is 10.1 Å². The van der Waals surface area contributed by atoms with E-state index in [4.69, 9.17) is 9.29 Å². The molecule has 1 rings (SSSR count). The SMILES string of the molecule is O=S(=O)(O)SCCNCCCOc1ccccn1. The van der Waals surface area contributed by atoms with Crippen molar-refractivity contribution >= 4 is 19.9 Å². The Hall–Kier alpha value is -0.830. The van der Waals surface area contributed by atoms with Crippen LogP contribution in [0.5, 0.6) is 5.88 Å². The van der Waals surface area contributed by atoms with Gasteiger partial charge in [0.05, 0.1) is 6.61 Å². The van der Waals surface area contributed by atoms with Crippen LogP contribution in [0.1, 0.15) is 6.42 Å². The summed E-state index contributed by atoms with van der Waals surface area (Å²) in [4.78, 5) is 4.01. The van der Waals surface area contributed by atoms with Crippen molar-refractivity contribution in [2.24, 2.45) is 0 Å². The Balaban J connectivity index is 1.93. The van der Waals surface area contributed by atoms with Crippen molar-refractivity contribution < 1.29 is 17.7 Å². The van der Waals surface area contributed by atoms with Crippen molar-refractivity contribution in [1.29, 1.82) is 0 Å². The highest BCUT2D eigenvalue weighted by Crippen LogP contribution is 2.07. The molecule has 0 amide bonds. The number of hydrogen-bond donors (Lipinski definition) is 2. The van der Waals surface area contributed by atoms with Gasteiger partial charge in [0.1, 0.15) is 0 Å². The first-order valence-corrected chi connectivity index (χ1v) is 8.38. The molecule has 1 heterocycles. The Morgan fingerprint density at radius 2 is 2.22 bits per heavy atom. The smallest absolute Gasteiger partial charge is 0.319 e. The second kappa shape index (κ2) is 8.30. The van der Waals surface area contributed by atoms with Gasteiger partial charge in [0.15, 0.2) is 0 Å². The molecule has 1 aromatic heterocycles. The summed E-state index contributed by atoms with van der Waals surface area (Å²) in [6.45, 7) is 1.79. The zero-order chi connectivity index (χ0) is 13.3. The van der Waals surface area contributed by atoms with Crippen LogP contribution < -0.4 is 10.1 Å². The van der Waals surface area contributed by atoms with Gasteiger partial charge in [0.25, 0.3) is 0 Å². The average Bonchev–Trinajstić information content (AvgIpc) is 2.32. The molecule has 8 heteroatoms. The number of nitrogens with one attached hydrogen (secondary N) is 1. The molecule has 6 nitrogen and oxygen atoms in total. The number of ether oxygens (including phenoxy) is 1. The van der Waals surface area contributed by atoms with Crippen LogP contribution in [0.2, 0.25) is 0 Å². The van der Waals surface area contributed by atoms with Crippen molar-refractivity contribution in [3.8, 4) is 5.88 Å². The molecule has 2 N–H and O–H groups in total. The second-order valence-corrected chi connectivity index (χ2v) is 6.84. The third kappa shape index (κ3) is 8.29. The Morgan fingerprint density at radius 3 is 2.89 bits per heavy atom. The van der Waals surface area contributed by atoms with Gasteiger partial charge in [-0.05, 0) is 29.8 Å². The van der Waals surface area contributed by atoms with Crippen LogP contribution in [-0.2, 0) is 9.15 Å². The lowest BCUT2D eigenvalue weighted by Crippen LogP contribution is -2.20. The largest absolute Gasteiger partial charge is 0.478 e. The van der Waals surface area contributed by atoms with Gasteiger partial charge in [-0.3, -0.25) is 4.55 Å². The van der Waals surface area contributed by atoms with Crippen molar-refractivity contribution in [2.45, 2.75) is 6.42 Å². The van der Waals surface area contributed by atoms with Gasteiger partial charge in [-0.1, -0.05) is 6.07 Å². The Kier molecular flexibility index (Phi) is 7.02. The maximum absolute atomic E-state index is 10.4. The molecule has 0 aromatic carbocycles. The second-order valence-electron chi connectivity index (χ2n) is 3.37. The summed E-state index contributed by atoms with van der Waals surface area (Å²) in [7, 11) is -3.40. The first-order chi connectivity index (χ1) is 8.58. The molecule has 0 aliphatic heterocycles. The summed E-state index contributed by atoms with van der Waals surface area (Å²) in [5.74, 6) is 0.916. The first kappa shape index (κ1) is 15.2. The van der Waals surface area contributed by atoms with E-state index in [-0.39, 0.29) is 0 Å². The van der Waals surface area contributed by atoms with Crippen molar-refractivity contribution in [2.75, 3.05) is 25.4 Å². The fourth-order valence-electron chi connectivity index (χ4n) is 1.15. The van der Waals surface area contributed by atoms with Crippen LogP contribution in [-0.4, -0.2) is 43.4 Å². The quantitative estimate of drug-likeness (QED) is 0.398. The minimum absolute atomic E-state index is 0.319. The minimum atomic E-state index is -3.91. The fraction of sp³-hybridized carbons (Fsp3) is 0.500. The molecule has 18 heavy (non-hydrogen) atoms. The maximum atomic E-state index is 10.4. The number of nitrogens with zero attached hydrogens (tertiary/aromatic N) is 1. The van der Waals surface area contributed by atoms with E-state index in [1.807, 2.05) is 12.1 Å². The van der Waals surface area contributed by atoms with Gasteiger partial charge in [0, 0.05) is 24.6 Å². The molecule has 0 saturated carbocycles. The van der Waals surface area contributed by atoms with Crippen molar-refractivity contribution in [1.82, 2.24) is 10.3 Å². The van der Waals surface area contributed by atoms with Crippen molar-refractivity contribution in [3.63, 3.8) is 0 Å². The van der Waals surface area contributed by atoms with Crippen LogP contribution in [0.15, 0.2) is 24.4 Å². The molecule has 0 aliphatic carbocycles. The summed E-state index contributed by atoms with van der Waals surface area (Å²) < 4.78 is 34.6. The Bertz CT molecular complexity index is 425. The van der Waals surface area contributed by atoms with E-state index in [0.29, 0.717) is 35.6 Å². The normalized spacial score (nSPS) is 11.4. The third-order valence-corrected chi connectivity index (χ3v) is 3.96. The molecule has 0 unspecified atom stereocenters. The summed E-state index contributed by atoms with van der Waals surface area (Å²) in [6.07, 6.45) is 2.47. The van der Waals surface area contributed by atoms with Crippen LogP contribution in [0.3, 0.4) is 0 Å². The van der Waals surface area contributed by atoms with Crippen molar-refractivity contribution in [3.05, 3.63) is 24.4 Å². The van der Waals surface area contributed by atoms with Crippen LogP contribution in [0.4, 0.5) is 0 Å². The Labute approximate surface area is 110 Å². The molecular formula is C10H16N2O4S2. The van der Waals surface area contributed by atoms with Gasteiger partial charge in [-0.2, -0.15) is 8.42 Å². The molecule has 0 radical (unpaired) electrons. The summed E-state index contributed by atoms with van der Waals surface area (Å²) in [5, 5.41) is 3.05.